The summed E-state index contributed by atoms with van der Waals surface area (Å²) < 4.78 is 28.8. The summed E-state index contributed by atoms with van der Waals surface area (Å²) >= 11 is 0. The lowest BCUT2D eigenvalue weighted by Crippen LogP contribution is -2.39. The quantitative estimate of drug-likeness (QED) is 0.497. The minimum atomic E-state index is -3.71. The van der Waals surface area contributed by atoms with Crippen LogP contribution in [0.2, 0.25) is 0 Å². The average Bonchev–Trinajstić information content (AvgIpc) is 2.77. The summed E-state index contributed by atoms with van der Waals surface area (Å²) in [6.45, 7) is 2.14. The molecule has 0 fully saturated rings. The predicted molar refractivity (Wildman–Crippen MR) is 116 cm³/mol. The van der Waals surface area contributed by atoms with Crippen LogP contribution in [0.3, 0.4) is 0 Å². The maximum atomic E-state index is 13.6. The number of benzene rings is 3. The molecule has 5 nitrogen and oxygen atoms in total. The predicted octanol–water partition coefficient (Wildman–Crippen LogP) is 4.43. The van der Waals surface area contributed by atoms with Crippen molar-refractivity contribution < 1.29 is 8.42 Å². The lowest BCUT2D eigenvalue weighted by Gasteiger charge is -2.35. The summed E-state index contributed by atoms with van der Waals surface area (Å²) in [5.74, 6) is 0. The third-order valence-corrected chi connectivity index (χ3v) is 7.45. The van der Waals surface area contributed by atoms with Crippen LogP contribution in [0.4, 0.5) is 0 Å². The Hall–Kier alpha value is -3.09. The van der Waals surface area contributed by atoms with Crippen molar-refractivity contribution in [2.24, 2.45) is 0 Å². The third kappa shape index (κ3) is 3.28. The average molecular weight is 416 g/mol. The summed E-state index contributed by atoms with van der Waals surface area (Å²) in [6, 6.07) is 24.1. The fraction of sp³-hybridized carbons (Fsp3) is 0.167. The first-order valence-corrected chi connectivity index (χ1v) is 11.3. The second kappa shape index (κ2) is 7.31. The first kappa shape index (κ1) is 18.9. The lowest BCUT2D eigenvalue weighted by atomic mass is 9.97. The molecule has 5 rings (SSSR count). The van der Waals surface area contributed by atoms with E-state index in [-0.39, 0.29) is 12.6 Å². The van der Waals surface area contributed by atoms with Gasteiger partial charge in [0.1, 0.15) is 0 Å². The first-order chi connectivity index (χ1) is 14.5. The van der Waals surface area contributed by atoms with E-state index in [0.29, 0.717) is 11.3 Å². The molecule has 0 aliphatic carbocycles. The molecule has 1 aliphatic rings. The SMILES string of the molecule is Cc1ccc(S(=O)(=O)N2Cc3nc4ccccc4nc3CC2c2ccccc2)cc1. The summed E-state index contributed by atoms with van der Waals surface area (Å²) in [4.78, 5) is 9.85. The fourth-order valence-corrected chi connectivity index (χ4v) is 5.54. The van der Waals surface area contributed by atoms with Crippen LogP contribution in [0, 0.1) is 6.92 Å². The second-order valence-corrected chi connectivity index (χ2v) is 9.49. The Balaban J connectivity index is 1.65. The van der Waals surface area contributed by atoms with Crippen molar-refractivity contribution in [2.75, 3.05) is 0 Å². The van der Waals surface area contributed by atoms with Gasteiger partial charge in [0, 0.05) is 6.42 Å². The van der Waals surface area contributed by atoms with E-state index in [9.17, 15) is 8.42 Å². The van der Waals surface area contributed by atoms with Crippen LogP contribution in [0.5, 0.6) is 0 Å². The molecule has 0 saturated heterocycles. The monoisotopic (exact) mass is 415 g/mol. The zero-order valence-corrected chi connectivity index (χ0v) is 17.4. The van der Waals surface area contributed by atoms with Gasteiger partial charge in [-0.05, 0) is 36.8 Å². The van der Waals surface area contributed by atoms with Crippen LogP contribution in [0.1, 0.15) is 28.6 Å². The molecule has 6 heteroatoms. The fourth-order valence-electron chi connectivity index (χ4n) is 3.96. The van der Waals surface area contributed by atoms with E-state index < -0.39 is 10.0 Å². The molecule has 150 valence electrons. The molecule has 0 radical (unpaired) electrons. The molecule has 1 unspecified atom stereocenters. The largest absolute Gasteiger partial charge is 0.249 e. The van der Waals surface area contributed by atoms with E-state index in [1.165, 1.54) is 0 Å². The summed E-state index contributed by atoms with van der Waals surface area (Å²) in [5, 5.41) is 0. The Kier molecular flexibility index (Phi) is 4.60. The van der Waals surface area contributed by atoms with Crippen molar-refractivity contribution >= 4 is 21.1 Å². The van der Waals surface area contributed by atoms with Gasteiger partial charge in [0.05, 0.1) is 39.9 Å². The lowest BCUT2D eigenvalue weighted by molar-refractivity contribution is 0.289. The highest BCUT2D eigenvalue weighted by Gasteiger charge is 2.38. The molecule has 4 aromatic rings. The highest BCUT2D eigenvalue weighted by atomic mass is 32.2. The number of nitrogens with zero attached hydrogens (tertiary/aromatic N) is 3. The van der Waals surface area contributed by atoms with Crippen molar-refractivity contribution in [1.82, 2.24) is 14.3 Å². The number of hydrogen-bond donors (Lipinski definition) is 0. The van der Waals surface area contributed by atoms with Crippen molar-refractivity contribution in [3.05, 3.63) is 101 Å². The van der Waals surface area contributed by atoms with Crippen molar-refractivity contribution in [1.29, 1.82) is 0 Å². The Labute approximate surface area is 176 Å². The van der Waals surface area contributed by atoms with E-state index >= 15 is 0 Å². The van der Waals surface area contributed by atoms with E-state index in [0.717, 1.165) is 33.5 Å². The van der Waals surface area contributed by atoms with Gasteiger partial charge < -0.3 is 0 Å². The van der Waals surface area contributed by atoms with Gasteiger partial charge in [-0.3, -0.25) is 0 Å². The molecular formula is C24H21N3O2S. The number of rotatable bonds is 3. The topological polar surface area (TPSA) is 63.2 Å². The summed E-state index contributed by atoms with van der Waals surface area (Å²) in [6.07, 6.45) is 0.488. The number of hydrogen-bond acceptors (Lipinski definition) is 4. The van der Waals surface area contributed by atoms with Gasteiger partial charge in [-0.1, -0.05) is 60.2 Å². The maximum absolute atomic E-state index is 13.6. The zero-order valence-electron chi connectivity index (χ0n) is 16.6. The molecular weight excluding hydrogens is 394 g/mol. The summed E-state index contributed by atoms with van der Waals surface area (Å²) in [5.41, 5.74) is 5.16. The molecule has 30 heavy (non-hydrogen) atoms. The van der Waals surface area contributed by atoms with Crippen LogP contribution in [-0.2, 0) is 23.0 Å². The molecule has 0 N–H and O–H groups in total. The van der Waals surface area contributed by atoms with Crippen molar-refractivity contribution in [3.63, 3.8) is 0 Å². The van der Waals surface area contributed by atoms with Crippen molar-refractivity contribution in [2.45, 2.75) is 30.8 Å². The van der Waals surface area contributed by atoms with Crippen molar-refractivity contribution in [3.8, 4) is 0 Å². The third-order valence-electron chi connectivity index (χ3n) is 5.58. The minimum absolute atomic E-state index is 0.197. The van der Waals surface area contributed by atoms with Gasteiger partial charge in [-0.15, -0.1) is 0 Å². The first-order valence-electron chi connectivity index (χ1n) is 9.90. The Morgan fingerprint density at radius 2 is 1.40 bits per heavy atom. The van der Waals surface area contributed by atoms with Crippen LogP contribution in [0.15, 0.2) is 83.8 Å². The van der Waals surface area contributed by atoms with E-state index in [2.05, 4.69) is 0 Å². The number of aryl methyl sites for hydroxylation is 1. The molecule has 3 aromatic carbocycles. The van der Waals surface area contributed by atoms with Gasteiger partial charge in [0.25, 0.3) is 0 Å². The number of para-hydroxylation sites is 2. The molecule has 2 heterocycles. The smallest absolute Gasteiger partial charge is 0.244 e. The Morgan fingerprint density at radius 3 is 2.07 bits per heavy atom. The molecule has 0 saturated carbocycles. The zero-order chi connectivity index (χ0) is 20.7. The molecule has 0 spiro atoms. The molecule has 1 aliphatic heterocycles. The van der Waals surface area contributed by atoms with Crippen LogP contribution >= 0.6 is 0 Å². The molecule has 0 amide bonds. The Morgan fingerprint density at radius 1 is 0.800 bits per heavy atom. The van der Waals surface area contributed by atoms with E-state index in [4.69, 9.17) is 9.97 Å². The van der Waals surface area contributed by atoms with Gasteiger partial charge in [-0.2, -0.15) is 4.31 Å². The highest BCUT2D eigenvalue weighted by molar-refractivity contribution is 7.89. The maximum Gasteiger partial charge on any atom is 0.244 e. The Bertz CT molecular complexity index is 1320. The minimum Gasteiger partial charge on any atom is -0.249 e. The summed E-state index contributed by atoms with van der Waals surface area (Å²) in [7, 11) is -3.71. The van der Waals surface area contributed by atoms with Gasteiger partial charge in [0.2, 0.25) is 10.0 Å². The van der Waals surface area contributed by atoms with Gasteiger partial charge in [0.15, 0.2) is 0 Å². The molecule has 1 aromatic heterocycles. The van der Waals surface area contributed by atoms with Crippen LogP contribution < -0.4 is 0 Å². The standard InChI is InChI=1S/C24H21N3O2S/c1-17-11-13-19(14-12-17)30(28,29)27-16-23-22(15-24(27)18-7-3-2-4-8-18)25-20-9-5-6-10-21(20)26-23/h2-14,24H,15-16H2,1H3. The highest BCUT2D eigenvalue weighted by Crippen LogP contribution is 2.36. The molecule has 0 bridgehead atoms. The van der Waals surface area contributed by atoms with Crippen LogP contribution in [-0.4, -0.2) is 22.7 Å². The number of sulfonamides is 1. The van der Waals surface area contributed by atoms with E-state index in [1.54, 1.807) is 16.4 Å². The van der Waals surface area contributed by atoms with Gasteiger partial charge >= 0.3 is 0 Å². The molecule has 1 atom stereocenters. The second-order valence-electron chi connectivity index (χ2n) is 7.60. The normalized spacial score (nSPS) is 17.0. The van der Waals surface area contributed by atoms with Gasteiger partial charge in [-0.25, -0.2) is 18.4 Å². The van der Waals surface area contributed by atoms with Crippen LogP contribution in [0.25, 0.3) is 11.0 Å². The number of aromatic nitrogens is 2. The number of fused-ring (bicyclic) bond motifs is 2. The van der Waals surface area contributed by atoms with E-state index in [1.807, 2.05) is 73.7 Å².